The summed E-state index contributed by atoms with van der Waals surface area (Å²) in [5.41, 5.74) is 1.15. The molecule has 2 heterocycles. The van der Waals surface area contributed by atoms with Gasteiger partial charge in [0, 0.05) is 57.5 Å². The first-order valence-corrected chi connectivity index (χ1v) is 10.1. The molecule has 158 valence electrons. The highest BCUT2D eigenvalue weighted by Crippen LogP contribution is 2.51. The van der Waals surface area contributed by atoms with E-state index in [0.29, 0.717) is 12.1 Å². The van der Waals surface area contributed by atoms with Crippen LogP contribution in [0.1, 0.15) is 45.7 Å². The van der Waals surface area contributed by atoms with Crippen LogP contribution in [0.25, 0.3) is 0 Å². The molecule has 28 heavy (non-hydrogen) atoms. The van der Waals surface area contributed by atoms with Crippen LogP contribution < -0.4 is 10.6 Å². The molecule has 7 heteroatoms. The van der Waals surface area contributed by atoms with Crippen molar-refractivity contribution < 1.29 is 4.74 Å². The molecule has 1 saturated carbocycles. The molecule has 1 aliphatic carbocycles. The van der Waals surface area contributed by atoms with Crippen molar-refractivity contribution in [3.8, 4) is 0 Å². The molecule has 1 aliphatic heterocycles. The van der Waals surface area contributed by atoms with Gasteiger partial charge in [-0.2, -0.15) is 0 Å². The summed E-state index contributed by atoms with van der Waals surface area (Å²) >= 11 is 0. The minimum Gasteiger partial charge on any atom is -0.378 e. The number of methoxy groups -OCH3 is 1. The van der Waals surface area contributed by atoms with Crippen molar-refractivity contribution in [2.24, 2.45) is 10.4 Å². The Kier molecular flexibility index (Phi) is 8.10. The van der Waals surface area contributed by atoms with Crippen molar-refractivity contribution in [2.75, 3.05) is 27.2 Å². The zero-order chi connectivity index (χ0) is 19.5. The number of nitrogens with zero attached hydrogens (tertiary/aromatic N) is 3. The molecule has 0 amide bonds. The quantitative estimate of drug-likeness (QED) is 0.369. The number of guanidine groups is 1. The molecule has 2 unspecified atom stereocenters. The fraction of sp³-hybridized carbons (Fsp3) is 0.714. The number of halogens is 1. The summed E-state index contributed by atoms with van der Waals surface area (Å²) in [6, 6.07) is 6.97. The molecule has 3 rings (SSSR count). The Hall–Kier alpha value is -0.930. The summed E-state index contributed by atoms with van der Waals surface area (Å²) in [6.07, 6.45) is 5.12. The number of ether oxygens (including phenoxy) is 1. The predicted octanol–water partition coefficient (Wildman–Crippen LogP) is 3.03. The van der Waals surface area contributed by atoms with Gasteiger partial charge in [-0.1, -0.05) is 19.9 Å². The molecule has 0 bridgehead atoms. The number of nitrogens with one attached hydrogen (secondary N) is 2. The maximum Gasteiger partial charge on any atom is 0.191 e. The minimum atomic E-state index is -0.0691. The van der Waals surface area contributed by atoms with E-state index >= 15 is 0 Å². The molecule has 0 aromatic carbocycles. The van der Waals surface area contributed by atoms with Crippen LogP contribution in [0.15, 0.2) is 29.4 Å². The molecule has 1 aromatic rings. The van der Waals surface area contributed by atoms with E-state index in [2.05, 4.69) is 58.4 Å². The Bertz CT molecular complexity index is 645. The Morgan fingerprint density at radius 3 is 2.50 bits per heavy atom. The number of rotatable bonds is 5. The lowest BCUT2D eigenvalue weighted by Gasteiger charge is -2.59. The minimum absolute atomic E-state index is 0. The summed E-state index contributed by atoms with van der Waals surface area (Å²) < 4.78 is 5.73. The third-order valence-corrected chi connectivity index (χ3v) is 6.85. The molecule has 0 radical (unpaired) electrons. The zero-order valence-electron chi connectivity index (χ0n) is 17.9. The Labute approximate surface area is 186 Å². The number of likely N-dealkylation sites (tertiary alicyclic amines) is 1. The van der Waals surface area contributed by atoms with Gasteiger partial charge >= 0.3 is 0 Å². The molecule has 6 nitrogen and oxygen atoms in total. The van der Waals surface area contributed by atoms with Crippen molar-refractivity contribution in [1.82, 2.24) is 20.5 Å². The standard InChI is InChI=1S/C21H35N5O.HI/c1-20(2)18(14-21(20,3)27-5)25-19(22-4)24-16-9-12-26(13-10-16)15-17-8-6-7-11-23-17;/h6-8,11,16,18H,9-10,12-15H2,1-5H3,(H2,22,24,25);1H. The lowest BCUT2D eigenvalue weighted by molar-refractivity contribution is -0.176. The smallest absolute Gasteiger partial charge is 0.191 e. The van der Waals surface area contributed by atoms with E-state index in [4.69, 9.17) is 4.74 Å². The highest BCUT2D eigenvalue weighted by Gasteiger charge is 2.58. The third kappa shape index (κ3) is 4.97. The van der Waals surface area contributed by atoms with E-state index in [1.54, 1.807) is 0 Å². The molecule has 1 aromatic heterocycles. The van der Waals surface area contributed by atoms with Gasteiger partial charge in [0.1, 0.15) is 0 Å². The number of aliphatic imine (C=N–C) groups is 1. The number of aromatic nitrogens is 1. The zero-order valence-corrected chi connectivity index (χ0v) is 20.2. The van der Waals surface area contributed by atoms with Gasteiger partial charge in [-0.25, -0.2) is 0 Å². The molecular formula is C21H36IN5O. The van der Waals surface area contributed by atoms with Crippen LogP contribution in [0, 0.1) is 5.41 Å². The largest absolute Gasteiger partial charge is 0.378 e. The number of pyridine rings is 1. The van der Waals surface area contributed by atoms with Crippen molar-refractivity contribution in [2.45, 2.75) is 64.3 Å². The SMILES string of the molecule is CN=C(NC1CCN(Cc2ccccn2)CC1)NC1CC(C)(OC)C1(C)C.I. The van der Waals surface area contributed by atoms with Gasteiger partial charge in [0.15, 0.2) is 5.96 Å². The summed E-state index contributed by atoms with van der Waals surface area (Å²) in [7, 11) is 3.66. The highest BCUT2D eigenvalue weighted by molar-refractivity contribution is 14.0. The van der Waals surface area contributed by atoms with Crippen LogP contribution in [0.5, 0.6) is 0 Å². The maximum absolute atomic E-state index is 5.73. The average Bonchev–Trinajstić information content (AvgIpc) is 2.68. The second kappa shape index (κ2) is 9.71. The number of hydrogen-bond donors (Lipinski definition) is 2. The van der Waals surface area contributed by atoms with Crippen LogP contribution in [0.2, 0.25) is 0 Å². The van der Waals surface area contributed by atoms with Gasteiger partial charge in [-0.15, -0.1) is 24.0 Å². The molecule has 2 atom stereocenters. The van der Waals surface area contributed by atoms with Crippen LogP contribution in [0.4, 0.5) is 0 Å². The molecule has 1 saturated heterocycles. The summed E-state index contributed by atoms with van der Waals surface area (Å²) in [6.45, 7) is 9.83. The lowest BCUT2D eigenvalue weighted by atomic mass is 9.56. The van der Waals surface area contributed by atoms with E-state index in [1.807, 2.05) is 26.4 Å². The van der Waals surface area contributed by atoms with Crippen LogP contribution in [-0.4, -0.2) is 60.8 Å². The predicted molar refractivity (Wildman–Crippen MR) is 125 cm³/mol. The fourth-order valence-electron chi connectivity index (χ4n) is 4.21. The van der Waals surface area contributed by atoms with Gasteiger partial charge < -0.3 is 15.4 Å². The molecule has 2 fully saturated rings. The fourth-order valence-corrected chi connectivity index (χ4v) is 4.21. The monoisotopic (exact) mass is 501 g/mol. The van der Waals surface area contributed by atoms with Crippen LogP contribution >= 0.6 is 24.0 Å². The Morgan fingerprint density at radius 1 is 1.25 bits per heavy atom. The van der Waals surface area contributed by atoms with Gasteiger partial charge in [-0.05, 0) is 38.3 Å². The summed E-state index contributed by atoms with van der Waals surface area (Å²) in [5, 5.41) is 7.24. The van der Waals surface area contributed by atoms with Gasteiger partial charge in [0.25, 0.3) is 0 Å². The number of piperidine rings is 1. The lowest BCUT2D eigenvalue weighted by Crippen LogP contribution is -2.69. The second-order valence-corrected chi connectivity index (χ2v) is 8.65. The van der Waals surface area contributed by atoms with Crippen LogP contribution in [-0.2, 0) is 11.3 Å². The molecule has 2 aliphatic rings. The van der Waals surface area contributed by atoms with Crippen molar-refractivity contribution >= 4 is 29.9 Å². The van der Waals surface area contributed by atoms with Crippen molar-refractivity contribution in [3.63, 3.8) is 0 Å². The first-order valence-electron chi connectivity index (χ1n) is 10.1. The van der Waals surface area contributed by atoms with E-state index in [9.17, 15) is 0 Å². The topological polar surface area (TPSA) is 61.8 Å². The third-order valence-electron chi connectivity index (χ3n) is 6.85. The molecule has 2 N–H and O–H groups in total. The van der Waals surface area contributed by atoms with Gasteiger partial charge in [0.2, 0.25) is 0 Å². The molecular weight excluding hydrogens is 465 g/mol. The van der Waals surface area contributed by atoms with Crippen LogP contribution in [0.3, 0.4) is 0 Å². The maximum atomic E-state index is 5.73. The first kappa shape index (κ1) is 23.3. The average molecular weight is 501 g/mol. The summed E-state index contributed by atoms with van der Waals surface area (Å²) in [5.74, 6) is 0.911. The van der Waals surface area contributed by atoms with E-state index in [-0.39, 0.29) is 35.0 Å². The van der Waals surface area contributed by atoms with Crippen molar-refractivity contribution in [3.05, 3.63) is 30.1 Å². The normalized spacial score (nSPS) is 28.2. The summed E-state index contributed by atoms with van der Waals surface area (Å²) in [4.78, 5) is 11.4. The number of hydrogen-bond acceptors (Lipinski definition) is 4. The van der Waals surface area contributed by atoms with E-state index in [1.165, 1.54) is 0 Å². The van der Waals surface area contributed by atoms with Gasteiger partial charge in [-0.3, -0.25) is 14.9 Å². The highest BCUT2D eigenvalue weighted by atomic mass is 127. The second-order valence-electron chi connectivity index (χ2n) is 8.65. The first-order chi connectivity index (χ1) is 12.9. The van der Waals surface area contributed by atoms with E-state index < -0.39 is 0 Å². The Morgan fingerprint density at radius 2 is 1.96 bits per heavy atom. The van der Waals surface area contributed by atoms with Gasteiger partial charge in [0.05, 0.1) is 11.3 Å². The Balaban J connectivity index is 0.00000280. The molecule has 0 spiro atoms. The van der Waals surface area contributed by atoms with E-state index in [0.717, 1.165) is 50.6 Å². The van der Waals surface area contributed by atoms with Crippen molar-refractivity contribution in [1.29, 1.82) is 0 Å².